The quantitative estimate of drug-likeness (QED) is 0.887. The maximum atomic E-state index is 6.21. The molecular formula is C15H20ClNO. The first-order valence-corrected chi connectivity index (χ1v) is 7.35. The Morgan fingerprint density at radius 2 is 2.28 bits per heavy atom. The molecule has 3 heteroatoms. The average molecular weight is 266 g/mol. The number of fused-ring (bicyclic) bond motifs is 1. The maximum absolute atomic E-state index is 6.21. The summed E-state index contributed by atoms with van der Waals surface area (Å²) in [6.07, 6.45) is 6.05. The van der Waals surface area contributed by atoms with E-state index in [2.05, 4.69) is 17.4 Å². The van der Waals surface area contributed by atoms with Crippen molar-refractivity contribution in [3.63, 3.8) is 0 Å². The molecule has 2 aliphatic heterocycles. The molecule has 0 bridgehead atoms. The van der Waals surface area contributed by atoms with Gasteiger partial charge in [-0.05, 0) is 61.5 Å². The summed E-state index contributed by atoms with van der Waals surface area (Å²) in [5, 5.41) is 4.38. The summed E-state index contributed by atoms with van der Waals surface area (Å²) >= 11 is 6.21. The summed E-state index contributed by atoms with van der Waals surface area (Å²) in [6.45, 7) is 3.10. The van der Waals surface area contributed by atoms with Crippen molar-refractivity contribution in [2.75, 3.05) is 19.7 Å². The van der Waals surface area contributed by atoms with Gasteiger partial charge in [-0.2, -0.15) is 0 Å². The van der Waals surface area contributed by atoms with Gasteiger partial charge in [0.25, 0.3) is 0 Å². The Kier molecular flexibility index (Phi) is 3.76. The fourth-order valence-corrected chi connectivity index (χ4v) is 3.34. The van der Waals surface area contributed by atoms with E-state index in [4.69, 9.17) is 16.3 Å². The Hall–Kier alpha value is -0.730. The van der Waals surface area contributed by atoms with Crippen LogP contribution in [0.15, 0.2) is 12.1 Å². The van der Waals surface area contributed by atoms with E-state index in [0.29, 0.717) is 0 Å². The second kappa shape index (κ2) is 5.50. The molecule has 1 saturated heterocycles. The summed E-state index contributed by atoms with van der Waals surface area (Å²) in [7, 11) is 0. The maximum Gasteiger partial charge on any atom is 0.125 e. The number of benzene rings is 1. The van der Waals surface area contributed by atoms with Gasteiger partial charge in [0.15, 0.2) is 0 Å². The molecule has 1 unspecified atom stereocenters. The van der Waals surface area contributed by atoms with Crippen molar-refractivity contribution in [3.05, 3.63) is 28.3 Å². The highest BCUT2D eigenvalue weighted by Gasteiger charge is 2.20. The van der Waals surface area contributed by atoms with Gasteiger partial charge in [-0.1, -0.05) is 18.0 Å². The minimum atomic E-state index is 0.722. The zero-order valence-corrected chi connectivity index (χ0v) is 11.4. The molecular weight excluding hydrogens is 246 g/mol. The normalized spacial score (nSPS) is 23.3. The molecule has 1 N–H and O–H groups in total. The Labute approximate surface area is 114 Å². The topological polar surface area (TPSA) is 21.3 Å². The van der Waals surface area contributed by atoms with Crippen LogP contribution in [0.25, 0.3) is 0 Å². The van der Waals surface area contributed by atoms with E-state index in [9.17, 15) is 0 Å². The van der Waals surface area contributed by atoms with Crippen LogP contribution in [0, 0.1) is 5.92 Å². The average Bonchev–Trinajstić information content (AvgIpc) is 2.66. The van der Waals surface area contributed by atoms with Gasteiger partial charge in [0.05, 0.1) is 6.61 Å². The molecule has 0 spiro atoms. The van der Waals surface area contributed by atoms with Crippen molar-refractivity contribution in [2.24, 2.45) is 5.92 Å². The van der Waals surface area contributed by atoms with Crippen LogP contribution < -0.4 is 10.1 Å². The fraction of sp³-hybridized carbons (Fsp3) is 0.600. The van der Waals surface area contributed by atoms with Gasteiger partial charge in [0, 0.05) is 11.4 Å². The lowest BCUT2D eigenvalue weighted by atomic mass is 9.93. The van der Waals surface area contributed by atoms with Crippen LogP contribution in [0.4, 0.5) is 0 Å². The smallest absolute Gasteiger partial charge is 0.125 e. The largest absolute Gasteiger partial charge is 0.493 e. The molecule has 0 radical (unpaired) electrons. The monoisotopic (exact) mass is 265 g/mol. The summed E-state index contributed by atoms with van der Waals surface area (Å²) in [5.41, 5.74) is 2.60. The molecule has 98 valence electrons. The Morgan fingerprint density at radius 1 is 1.33 bits per heavy atom. The molecule has 18 heavy (non-hydrogen) atoms. The molecule has 1 fully saturated rings. The Bertz CT molecular complexity index is 425. The molecule has 1 aromatic rings. The summed E-state index contributed by atoms with van der Waals surface area (Å²) in [6, 6.07) is 4.15. The lowest BCUT2D eigenvalue weighted by Gasteiger charge is -2.16. The minimum Gasteiger partial charge on any atom is -0.493 e. The highest BCUT2D eigenvalue weighted by Crippen LogP contribution is 2.34. The SMILES string of the molecule is Clc1cc2c(c(CC3CCCCNC3)c1)OCC2. The van der Waals surface area contributed by atoms with Crippen LogP contribution in [0.3, 0.4) is 0 Å². The minimum absolute atomic E-state index is 0.722. The van der Waals surface area contributed by atoms with Gasteiger partial charge in [-0.25, -0.2) is 0 Å². The van der Waals surface area contributed by atoms with E-state index in [1.54, 1.807) is 0 Å². The second-order valence-electron chi connectivity index (χ2n) is 5.42. The van der Waals surface area contributed by atoms with Crippen LogP contribution in [-0.4, -0.2) is 19.7 Å². The molecule has 0 amide bonds. The van der Waals surface area contributed by atoms with E-state index < -0.39 is 0 Å². The van der Waals surface area contributed by atoms with Gasteiger partial charge < -0.3 is 10.1 Å². The van der Waals surface area contributed by atoms with Crippen LogP contribution in [0.2, 0.25) is 5.02 Å². The molecule has 0 saturated carbocycles. The molecule has 0 aliphatic carbocycles. The van der Waals surface area contributed by atoms with Crippen molar-refractivity contribution in [2.45, 2.75) is 32.1 Å². The third-order valence-electron chi connectivity index (χ3n) is 3.98. The van der Waals surface area contributed by atoms with Crippen molar-refractivity contribution >= 4 is 11.6 Å². The zero-order chi connectivity index (χ0) is 12.4. The van der Waals surface area contributed by atoms with Gasteiger partial charge in [-0.15, -0.1) is 0 Å². The molecule has 3 rings (SSSR count). The Morgan fingerprint density at radius 3 is 3.22 bits per heavy atom. The molecule has 2 heterocycles. The molecule has 2 aliphatic rings. The molecule has 2 nitrogen and oxygen atoms in total. The number of nitrogens with one attached hydrogen (secondary N) is 1. The van der Waals surface area contributed by atoms with Crippen LogP contribution in [0.5, 0.6) is 5.75 Å². The Balaban J connectivity index is 1.79. The van der Waals surface area contributed by atoms with E-state index >= 15 is 0 Å². The van der Waals surface area contributed by atoms with Crippen LogP contribution in [-0.2, 0) is 12.8 Å². The number of halogens is 1. The molecule has 1 aromatic carbocycles. The summed E-state index contributed by atoms with van der Waals surface area (Å²) < 4.78 is 5.78. The van der Waals surface area contributed by atoms with E-state index in [0.717, 1.165) is 42.7 Å². The highest BCUT2D eigenvalue weighted by molar-refractivity contribution is 6.30. The lowest BCUT2D eigenvalue weighted by molar-refractivity contribution is 0.350. The van der Waals surface area contributed by atoms with Crippen molar-refractivity contribution in [1.29, 1.82) is 0 Å². The molecule has 1 atom stereocenters. The van der Waals surface area contributed by atoms with Gasteiger partial charge in [0.2, 0.25) is 0 Å². The number of hydrogen-bond donors (Lipinski definition) is 1. The number of rotatable bonds is 2. The van der Waals surface area contributed by atoms with E-state index in [1.165, 1.54) is 36.9 Å². The van der Waals surface area contributed by atoms with Crippen molar-refractivity contribution in [3.8, 4) is 5.75 Å². The number of hydrogen-bond acceptors (Lipinski definition) is 2. The van der Waals surface area contributed by atoms with E-state index in [-0.39, 0.29) is 0 Å². The summed E-state index contributed by atoms with van der Waals surface area (Å²) in [4.78, 5) is 0. The zero-order valence-electron chi connectivity index (χ0n) is 10.7. The van der Waals surface area contributed by atoms with Gasteiger partial charge in [0.1, 0.15) is 5.75 Å². The third-order valence-corrected chi connectivity index (χ3v) is 4.20. The predicted octanol–water partition coefficient (Wildman–Crippen LogP) is 3.21. The standard InChI is InChI=1S/C15H20ClNO/c16-14-8-12-4-6-18-15(12)13(9-14)7-11-3-1-2-5-17-10-11/h8-9,11,17H,1-7,10H2. The van der Waals surface area contributed by atoms with Crippen LogP contribution in [0.1, 0.15) is 30.4 Å². The van der Waals surface area contributed by atoms with E-state index in [1.807, 2.05) is 0 Å². The van der Waals surface area contributed by atoms with Crippen molar-refractivity contribution in [1.82, 2.24) is 5.32 Å². The highest BCUT2D eigenvalue weighted by atomic mass is 35.5. The van der Waals surface area contributed by atoms with Gasteiger partial charge >= 0.3 is 0 Å². The first kappa shape index (κ1) is 12.3. The predicted molar refractivity (Wildman–Crippen MR) is 74.6 cm³/mol. The fourth-order valence-electron chi connectivity index (χ4n) is 3.07. The molecule has 0 aromatic heterocycles. The third kappa shape index (κ3) is 2.65. The first-order chi connectivity index (χ1) is 8.83. The lowest BCUT2D eigenvalue weighted by Crippen LogP contribution is -2.22. The van der Waals surface area contributed by atoms with Crippen molar-refractivity contribution < 1.29 is 4.74 Å². The van der Waals surface area contributed by atoms with Crippen LogP contribution >= 0.6 is 11.6 Å². The number of ether oxygens (including phenoxy) is 1. The summed E-state index contributed by atoms with van der Waals surface area (Å²) in [5.74, 6) is 1.84. The first-order valence-electron chi connectivity index (χ1n) is 6.98. The van der Waals surface area contributed by atoms with Gasteiger partial charge in [-0.3, -0.25) is 0 Å². The second-order valence-corrected chi connectivity index (χ2v) is 5.86.